The molecule has 0 amide bonds. The molecule has 9 rings (SSSR count). The van der Waals surface area contributed by atoms with Crippen molar-refractivity contribution in [3.63, 3.8) is 0 Å². The number of rotatable bonds is 3. The van der Waals surface area contributed by atoms with E-state index in [1.54, 1.807) is 0 Å². The van der Waals surface area contributed by atoms with Crippen molar-refractivity contribution in [1.82, 2.24) is 0 Å². The summed E-state index contributed by atoms with van der Waals surface area (Å²) in [6.07, 6.45) is 7.93. The number of aryl methyl sites for hydroxylation is 2. The number of hydrogen-bond donors (Lipinski definition) is 0. The maximum absolute atomic E-state index is 4.62. The largest absolute Gasteiger partial charge is 0.0911 e. The van der Waals surface area contributed by atoms with Crippen LogP contribution in [0, 0.1) is 19.8 Å². The Morgan fingerprint density at radius 2 is 1.39 bits per heavy atom. The van der Waals surface area contributed by atoms with E-state index in [4.69, 9.17) is 0 Å². The van der Waals surface area contributed by atoms with Crippen molar-refractivity contribution in [2.45, 2.75) is 53.4 Å². The molecular formula is C51H44. The fourth-order valence-corrected chi connectivity index (χ4v) is 9.26. The van der Waals surface area contributed by atoms with Gasteiger partial charge in [-0.05, 0) is 161 Å². The molecule has 0 nitrogen and oxygen atoms in total. The SMILES string of the molecule is C=c1cc(-c2ccc3c(c2)C(C)(C)c2cc(-c4cc(C)c5ccc6cc(C)ccccc4c5c6)ccc2-3)c2c3c(ccc(/C=C/C)c13)CC(C)C=2. The highest BCUT2D eigenvalue weighted by molar-refractivity contribution is 6.09. The molecule has 1 atom stereocenters. The Bertz CT molecular complexity index is 2800. The third-order valence-electron chi connectivity index (χ3n) is 11.7. The lowest BCUT2D eigenvalue weighted by Crippen LogP contribution is -2.22. The quantitative estimate of drug-likeness (QED) is 0.178. The summed E-state index contributed by atoms with van der Waals surface area (Å²) in [4.78, 5) is 0. The van der Waals surface area contributed by atoms with Gasteiger partial charge in [-0.25, -0.2) is 0 Å². The van der Waals surface area contributed by atoms with E-state index < -0.39 is 0 Å². The second-order valence-electron chi connectivity index (χ2n) is 15.6. The molecule has 0 heteroatoms. The summed E-state index contributed by atoms with van der Waals surface area (Å²) in [6, 6.07) is 41.7. The molecule has 0 radical (unpaired) electrons. The van der Waals surface area contributed by atoms with Crippen LogP contribution in [0.1, 0.15) is 61.1 Å². The van der Waals surface area contributed by atoms with Crippen molar-refractivity contribution in [1.29, 1.82) is 0 Å². The van der Waals surface area contributed by atoms with Crippen molar-refractivity contribution >= 4 is 51.0 Å². The average Bonchev–Trinajstić information content (AvgIpc) is 3.34. The van der Waals surface area contributed by atoms with E-state index in [2.05, 4.69) is 176 Å². The molecule has 51 heavy (non-hydrogen) atoms. The fourth-order valence-electron chi connectivity index (χ4n) is 9.26. The van der Waals surface area contributed by atoms with Gasteiger partial charge in [-0.2, -0.15) is 0 Å². The van der Waals surface area contributed by atoms with Crippen LogP contribution in [0.25, 0.3) is 84.4 Å². The van der Waals surface area contributed by atoms with Gasteiger partial charge in [0.25, 0.3) is 0 Å². The monoisotopic (exact) mass is 656 g/mol. The van der Waals surface area contributed by atoms with Crippen LogP contribution >= 0.6 is 0 Å². The Morgan fingerprint density at radius 3 is 2.14 bits per heavy atom. The number of fused-ring (bicyclic) bond motifs is 4. The molecule has 2 bridgehead atoms. The van der Waals surface area contributed by atoms with Crippen molar-refractivity contribution in [2.24, 2.45) is 5.92 Å². The molecule has 2 aliphatic rings. The van der Waals surface area contributed by atoms with Crippen LogP contribution in [0.4, 0.5) is 0 Å². The lowest BCUT2D eigenvalue weighted by molar-refractivity contribution is 0.661. The summed E-state index contributed by atoms with van der Waals surface area (Å²) in [5, 5.41) is 10.3. The third-order valence-corrected chi connectivity index (χ3v) is 11.7. The highest BCUT2D eigenvalue weighted by atomic mass is 14.4. The van der Waals surface area contributed by atoms with Crippen LogP contribution in [0.15, 0.2) is 115 Å². The van der Waals surface area contributed by atoms with Gasteiger partial charge in [-0.1, -0.05) is 136 Å². The van der Waals surface area contributed by atoms with Gasteiger partial charge in [-0.15, -0.1) is 0 Å². The van der Waals surface area contributed by atoms with Crippen LogP contribution in [0.2, 0.25) is 0 Å². The van der Waals surface area contributed by atoms with E-state index in [9.17, 15) is 0 Å². The summed E-state index contributed by atoms with van der Waals surface area (Å²) < 4.78 is 0. The first kappa shape index (κ1) is 31.5. The van der Waals surface area contributed by atoms with E-state index in [1.165, 1.54) is 104 Å². The summed E-state index contributed by atoms with van der Waals surface area (Å²) in [6.45, 7) is 18.3. The van der Waals surface area contributed by atoms with Gasteiger partial charge in [0, 0.05) is 5.41 Å². The van der Waals surface area contributed by atoms with Crippen LogP contribution in [-0.4, -0.2) is 0 Å². The Hall–Kier alpha value is -5.46. The molecule has 0 aliphatic heterocycles. The van der Waals surface area contributed by atoms with Gasteiger partial charge in [0.15, 0.2) is 0 Å². The predicted molar refractivity (Wildman–Crippen MR) is 222 cm³/mol. The van der Waals surface area contributed by atoms with Crippen molar-refractivity contribution in [2.75, 3.05) is 0 Å². The van der Waals surface area contributed by atoms with Crippen LogP contribution in [0.5, 0.6) is 0 Å². The van der Waals surface area contributed by atoms with Crippen LogP contribution < -0.4 is 10.4 Å². The molecule has 1 unspecified atom stereocenters. The average molecular weight is 657 g/mol. The zero-order valence-electron chi connectivity index (χ0n) is 30.6. The van der Waals surface area contributed by atoms with Gasteiger partial charge in [0.2, 0.25) is 0 Å². The first-order valence-electron chi connectivity index (χ1n) is 18.4. The molecule has 0 aromatic heterocycles. The Balaban J connectivity index is 1.21. The van der Waals surface area contributed by atoms with E-state index in [0.29, 0.717) is 5.92 Å². The van der Waals surface area contributed by atoms with E-state index in [1.807, 2.05) is 0 Å². The topological polar surface area (TPSA) is 0 Å². The molecular weight excluding hydrogens is 613 g/mol. The highest BCUT2D eigenvalue weighted by Gasteiger charge is 2.36. The minimum absolute atomic E-state index is 0.153. The summed E-state index contributed by atoms with van der Waals surface area (Å²) >= 11 is 0. The first-order chi connectivity index (χ1) is 24.6. The van der Waals surface area contributed by atoms with E-state index in [0.717, 1.165) is 11.6 Å². The van der Waals surface area contributed by atoms with E-state index in [-0.39, 0.29) is 5.41 Å². The smallest absolute Gasteiger partial charge is 0.0159 e. The van der Waals surface area contributed by atoms with Crippen molar-refractivity contribution in [3.8, 4) is 33.4 Å². The number of allylic oxidation sites excluding steroid dienone is 1. The molecule has 0 heterocycles. The number of benzene rings is 6. The second-order valence-corrected chi connectivity index (χ2v) is 15.6. The minimum Gasteiger partial charge on any atom is -0.0911 e. The molecule has 0 saturated carbocycles. The standard InChI is InChI=1S/C51H44/c1-8-11-35-15-16-38-23-31(3)24-46-44(26-33(5)49(35)50(38)46)37-18-21-42-41-20-17-36(28-47(41)51(6,7)48(42)29-37)43-25-32(4)39-19-14-34-22-30(2)12-9-10-13-40(43)45(39)27-34/h8-22,24-29,31H,5,23H2,1-4,6-7H3/b10-9?,11-8+,12-9?,13-10?,30-12?,30-22?,34-22?,40-13?. The molecule has 7 aromatic carbocycles. The van der Waals surface area contributed by atoms with Gasteiger partial charge in [0.1, 0.15) is 0 Å². The lowest BCUT2D eigenvalue weighted by Gasteiger charge is -2.24. The molecule has 0 saturated heterocycles. The Kier molecular flexibility index (Phi) is 7.13. The van der Waals surface area contributed by atoms with Crippen molar-refractivity contribution in [3.05, 3.63) is 159 Å². The summed E-state index contributed by atoms with van der Waals surface area (Å²) in [5.74, 6) is 0.487. The molecule has 0 spiro atoms. The zero-order valence-corrected chi connectivity index (χ0v) is 30.6. The molecule has 0 fully saturated rings. The molecule has 248 valence electrons. The predicted octanol–water partition coefficient (Wildman–Crippen LogP) is 12.4. The second kappa shape index (κ2) is 11.5. The van der Waals surface area contributed by atoms with Crippen LogP contribution in [0.3, 0.4) is 0 Å². The normalized spacial score (nSPS) is 15.7. The zero-order chi connectivity index (χ0) is 35.2. The number of hydrogen-bond acceptors (Lipinski definition) is 0. The van der Waals surface area contributed by atoms with Crippen molar-refractivity contribution < 1.29 is 0 Å². The summed E-state index contributed by atoms with van der Waals surface area (Å²) in [5.41, 5.74) is 15.7. The van der Waals surface area contributed by atoms with Gasteiger partial charge in [0.05, 0.1) is 0 Å². The molecule has 7 aromatic rings. The highest BCUT2D eigenvalue weighted by Crippen LogP contribution is 2.51. The Morgan fingerprint density at radius 1 is 0.667 bits per heavy atom. The van der Waals surface area contributed by atoms with Gasteiger partial charge < -0.3 is 0 Å². The maximum Gasteiger partial charge on any atom is 0.0159 e. The maximum atomic E-state index is 4.62. The fraction of sp³-hybridized carbons (Fsp3) is 0.176. The molecule has 0 N–H and O–H groups in total. The van der Waals surface area contributed by atoms with Gasteiger partial charge >= 0.3 is 0 Å². The third kappa shape index (κ3) is 4.88. The molecule has 2 aliphatic carbocycles. The van der Waals surface area contributed by atoms with E-state index >= 15 is 0 Å². The minimum atomic E-state index is -0.153. The Labute approximate surface area is 301 Å². The van der Waals surface area contributed by atoms with Crippen LogP contribution in [-0.2, 0) is 11.8 Å². The first-order valence-corrected chi connectivity index (χ1v) is 18.4. The van der Waals surface area contributed by atoms with Gasteiger partial charge in [-0.3, -0.25) is 0 Å². The lowest BCUT2D eigenvalue weighted by atomic mass is 9.79. The summed E-state index contributed by atoms with van der Waals surface area (Å²) in [7, 11) is 0.